The van der Waals surface area contributed by atoms with Crippen molar-refractivity contribution in [3.05, 3.63) is 0 Å². The molecular weight excluding hydrogens is 232 g/mol. The molecule has 0 spiro atoms. The molecule has 0 radical (unpaired) electrons. The van der Waals surface area contributed by atoms with Crippen molar-refractivity contribution in [3.8, 4) is 0 Å². The molecule has 0 aromatic carbocycles. The number of piperidine rings is 1. The van der Waals surface area contributed by atoms with E-state index in [1.54, 1.807) is 0 Å². The van der Waals surface area contributed by atoms with Gasteiger partial charge in [0.25, 0.3) is 0 Å². The summed E-state index contributed by atoms with van der Waals surface area (Å²) in [5.41, 5.74) is 0. The number of rotatable bonds is 6. The van der Waals surface area contributed by atoms with E-state index in [4.69, 9.17) is 0 Å². The first-order chi connectivity index (χ1) is 9.26. The number of fused-ring (bicyclic) bond motifs is 1. The van der Waals surface area contributed by atoms with Crippen LogP contribution in [0.4, 0.5) is 0 Å². The Morgan fingerprint density at radius 3 is 2.58 bits per heavy atom. The Morgan fingerprint density at radius 2 is 1.84 bits per heavy atom. The highest BCUT2D eigenvalue weighted by atomic mass is 15.2. The Labute approximate surface area is 120 Å². The summed E-state index contributed by atoms with van der Waals surface area (Å²) in [6.07, 6.45) is 10.1. The first kappa shape index (κ1) is 15.3. The summed E-state index contributed by atoms with van der Waals surface area (Å²) in [5, 5.41) is 3.73. The Morgan fingerprint density at radius 1 is 1.11 bits per heavy atom. The molecule has 1 N–H and O–H groups in total. The lowest BCUT2D eigenvalue weighted by atomic mass is 9.78. The van der Waals surface area contributed by atoms with Gasteiger partial charge in [-0.05, 0) is 50.6 Å². The van der Waals surface area contributed by atoms with E-state index in [9.17, 15) is 0 Å². The third-order valence-corrected chi connectivity index (χ3v) is 5.59. The van der Waals surface area contributed by atoms with E-state index in [1.807, 2.05) is 0 Å². The van der Waals surface area contributed by atoms with Gasteiger partial charge in [-0.1, -0.05) is 40.0 Å². The molecule has 1 saturated heterocycles. The van der Waals surface area contributed by atoms with Crippen LogP contribution < -0.4 is 5.32 Å². The summed E-state index contributed by atoms with van der Waals surface area (Å²) in [5.74, 6) is 1.81. The minimum absolute atomic E-state index is 0.690. The van der Waals surface area contributed by atoms with Gasteiger partial charge in [-0.3, -0.25) is 4.90 Å². The van der Waals surface area contributed by atoms with Crippen LogP contribution in [0.15, 0.2) is 0 Å². The number of likely N-dealkylation sites (tertiary alicyclic amines) is 1. The van der Waals surface area contributed by atoms with Crippen molar-refractivity contribution >= 4 is 0 Å². The van der Waals surface area contributed by atoms with Crippen molar-refractivity contribution in [2.24, 2.45) is 11.8 Å². The fourth-order valence-corrected chi connectivity index (χ4v) is 4.20. The molecule has 0 aromatic rings. The average molecular weight is 266 g/mol. The normalized spacial score (nSPS) is 31.7. The van der Waals surface area contributed by atoms with Crippen LogP contribution in [0.25, 0.3) is 0 Å². The molecule has 1 saturated carbocycles. The second-order valence-corrected chi connectivity index (χ2v) is 6.80. The van der Waals surface area contributed by atoms with Crippen LogP contribution in [0.1, 0.15) is 65.7 Å². The molecule has 2 fully saturated rings. The molecule has 4 atom stereocenters. The monoisotopic (exact) mass is 266 g/mol. The highest BCUT2D eigenvalue weighted by molar-refractivity contribution is 4.89. The Hall–Kier alpha value is -0.0800. The Bertz CT molecular complexity index is 252. The van der Waals surface area contributed by atoms with Gasteiger partial charge in [0.2, 0.25) is 0 Å². The summed E-state index contributed by atoms with van der Waals surface area (Å²) in [6, 6.07) is 1.60. The fraction of sp³-hybridized carbons (Fsp3) is 1.00. The van der Waals surface area contributed by atoms with Crippen molar-refractivity contribution in [3.63, 3.8) is 0 Å². The van der Waals surface area contributed by atoms with Gasteiger partial charge in [0.1, 0.15) is 0 Å². The van der Waals surface area contributed by atoms with Crippen molar-refractivity contribution < 1.29 is 0 Å². The third kappa shape index (κ3) is 3.95. The number of hydrogen-bond acceptors (Lipinski definition) is 2. The number of nitrogens with zero attached hydrogens (tertiary/aromatic N) is 1. The molecule has 19 heavy (non-hydrogen) atoms. The van der Waals surface area contributed by atoms with Crippen LogP contribution in [0.3, 0.4) is 0 Å². The highest BCUT2D eigenvalue weighted by Crippen LogP contribution is 2.35. The Balaban J connectivity index is 1.94. The minimum Gasteiger partial charge on any atom is -0.313 e. The maximum absolute atomic E-state index is 3.73. The zero-order valence-electron chi connectivity index (χ0n) is 13.3. The smallest absolute Gasteiger partial charge is 0.0220 e. The molecule has 0 amide bonds. The van der Waals surface area contributed by atoms with Gasteiger partial charge in [0.05, 0.1) is 0 Å². The van der Waals surface area contributed by atoms with Gasteiger partial charge >= 0.3 is 0 Å². The van der Waals surface area contributed by atoms with Crippen LogP contribution in [0.5, 0.6) is 0 Å². The highest BCUT2D eigenvalue weighted by Gasteiger charge is 2.34. The second-order valence-electron chi connectivity index (χ2n) is 6.80. The molecule has 2 heteroatoms. The fourth-order valence-electron chi connectivity index (χ4n) is 4.20. The molecule has 0 bridgehead atoms. The largest absolute Gasteiger partial charge is 0.313 e. The van der Waals surface area contributed by atoms with E-state index in [0.717, 1.165) is 24.4 Å². The molecule has 1 aliphatic carbocycles. The molecule has 1 aliphatic heterocycles. The first-order valence-corrected chi connectivity index (χ1v) is 8.73. The Kier molecular flexibility index (Phi) is 6.15. The van der Waals surface area contributed by atoms with E-state index in [-0.39, 0.29) is 0 Å². The lowest BCUT2D eigenvalue weighted by molar-refractivity contribution is 0.0474. The molecule has 112 valence electrons. The second kappa shape index (κ2) is 7.64. The summed E-state index contributed by atoms with van der Waals surface area (Å²) in [7, 11) is 0. The van der Waals surface area contributed by atoms with Crippen LogP contribution in [0.2, 0.25) is 0 Å². The van der Waals surface area contributed by atoms with Crippen molar-refractivity contribution in [1.29, 1.82) is 0 Å². The van der Waals surface area contributed by atoms with E-state index in [2.05, 4.69) is 31.0 Å². The van der Waals surface area contributed by atoms with Crippen LogP contribution in [-0.4, -0.2) is 36.6 Å². The lowest BCUT2D eigenvalue weighted by Gasteiger charge is -2.46. The molecule has 4 unspecified atom stereocenters. The van der Waals surface area contributed by atoms with E-state index < -0.39 is 0 Å². The molecular formula is C17H34N2. The van der Waals surface area contributed by atoms with E-state index in [1.165, 1.54) is 58.0 Å². The standard InChI is InChI=1S/C17H34N2/c1-4-14(3)16(18-5-2)13-19-12-8-10-15-9-6-7-11-17(15)19/h14-18H,4-13H2,1-3H3. The summed E-state index contributed by atoms with van der Waals surface area (Å²) in [6.45, 7) is 10.7. The number of nitrogens with one attached hydrogen (secondary N) is 1. The van der Waals surface area contributed by atoms with Gasteiger partial charge in [-0.2, -0.15) is 0 Å². The molecule has 2 aliphatic rings. The van der Waals surface area contributed by atoms with Gasteiger partial charge in [-0.25, -0.2) is 0 Å². The van der Waals surface area contributed by atoms with Gasteiger partial charge < -0.3 is 5.32 Å². The third-order valence-electron chi connectivity index (χ3n) is 5.59. The molecule has 1 heterocycles. The number of hydrogen-bond donors (Lipinski definition) is 1. The zero-order chi connectivity index (χ0) is 13.7. The molecule has 0 aromatic heterocycles. The topological polar surface area (TPSA) is 15.3 Å². The maximum Gasteiger partial charge on any atom is 0.0220 e. The average Bonchev–Trinajstić information content (AvgIpc) is 2.46. The van der Waals surface area contributed by atoms with Crippen molar-refractivity contribution in [1.82, 2.24) is 10.2 Å². The lowest BCUT2D eigenvalue weighted by Crippen LogP contribution is -2.53. The minimum atomic E-state index is 0.690. The first-order valence-electron chi connectivity index (χ1n) is 8.73. The van der Waals surface area contributed by atoms with Gasteiger partial charge in [0.15, 0.2) is 0 Å². The molecule has 2 rings (SSSR count). The summed E-state index contributed by atoms with van der Waals surface area (Å²) >= 11 is 0. The predicted molar refractivity (Wildman–Crippen MR) is 83.5 cm³/mol. The maximum atomic E-state index is 3.73. The van der Waals surface area contributed by atoms with Crippen molar-refractivity contribution in [2.45, 2.75) is 77.8 Å². The molecule has 2 nitrogen and oxygen atoms in total. The van der Waals surface area contributed by atoms with E-state index in [0.29, 0.717) is 6.04 Å². The summed E-state index contributed by atoms with van der Waals surface area (Å²) < 4.78 is 0. The van der Waals surface area contributed by atoms with Crippen molar-refractivity contribution in [2.75, 3.05) is 19.6 Å². The SMILES string of the molecule is CCNC(CN1CCCC2CCCCC21)C(C)CC. The zero-order valence-corrected chi connectivity index (χ0v) is 13.3. The van der Waals surface area contributed by atoms with E-state index >= 15 is 0 Å². The van der Waals surface area contributed by atoms with Gasteiger partial charge in [-0.15, -0.1) is 0 Å². The summed E-state index contributed by atoms with van der Waals surface area (Å²) in [4.78, 5) is 2.84. The van der Waals surface area contributed by atoms with Crippen LogP contribution in [0, 0.1) is 11.8 Å². The van der Waals surface area contributed by atoms with Crippen LogP contribution >= 0.6 is 0 Å². The number of likely N-dealkylation sites (N-methyl/N-ethyl adjacent to an activating group) is 1. The predicted octanol–water partition coefficient (Wildman–Crippen LogP) is 3.67. The van der Waals surface area contributed by atoms with Gasteiger partial charge in [0, 0.05) is 18.6 Å². The van der Waals surface area contributed by atoms with Crippen LogP contribution in [-0.2, 0) is 0 Å². The quantitative estimate of drug-likeness (QED) is 0.789.